The number of halogens is 4. The van der Waals surface area contributed by atoms with E-state index in [-0.39, 0.29) is 17.9 Å². The molecular weight excluding hydrogens is 470 g/mol. The number of aryl methyl sites for hydroxylation is 1. The van der Waals surface area contributed by atoms with Crippen LogP contribution in [0.2, 0.25) is 0 Å². The zero-order valence-electron chi connectivity index (χ0n) is 17.7. The van der Waals surface area contributed by atoms with Crippen LogP contribution in [-0.2, 0) is 12.7 Å². The summed E-state index contributed by atoms with van der Waals surface area (Å²) in [5.74, 6) is -1.25. The van der Waals surface area contributed by atoms with Crippen molar-refractivity contribution in [2.24, 2.45) is 0 Å². The molecule has 0 radical (unpaired) electrons. The van der Waals surface area contributed by atoms with E-state index in [1.165, 1.54) is 59.6 Å². The summed E-state index contributed by atoms with van der Waals surface area (Å²) in [6, 6.07) is 14.4. The summed E-state index contributed by atoms with van der Waals surface area (Å²) < 4.78 is 54.2. The number of hydrogen-bond acceptors (Lipinski definition) is 4. The molecule has 0 aliphatic rings. The lowest BCUT2D eigenvalue weighted by atomic mass is 10.2. The number of hydrogen-bond donors (Lipinski definition) is 0. The second-order valence-electron chi connectivity index (χ2n) is 7.41. The van der Waals surface area contributed by atoms with Crippen molar-refractivity contribution in [2.45, 2.75) is 19.6 Å². The molecule has 2 aromatic heterocycles. The van der Waals surface area contributed by atoms with Crippen molar-refractivity contribution in [2.75, 3.05) is 4.90 Å². The highest BCUT2D eigenvalue weighted by Gasteiger charge is 2.31. The van der Waals surface area contributed by atoms with E-state index in [4.69, 9.17) is 0 Å². The summed E-state index contributed by atoms with van der Waals surface area (Å²) >= 11 is 1.39. The number of benzene rings is 2. The van der Waals surface area contributed by atoms with Gasteiger partial charge in [-0.2, -0.15) is 18.3 Å². The Balaban J connectivity index is 1.80. The normalized spacial score (nSPS) is 11.4. The van der Waals surface area contributed by atoms with E-state index in [9.17, 15) is 27.2 Å². The summed E-state index contributed by atoms with van der Waals surface area (Å²) in [7, 11) is 0. The number of anilines is 1. The molecule has 0 aliphatic carbocycles. The molecule has 4 aromatic rings. The highest BCUT2D eigenvalue weighted by Crippen LogP contribution is 2.30. The minimum absolute atomic E-state index is 0.0490. The third kappa shape index (κ3) is 4.91. The lowest BCUT2D eigenvalue weighted by molar-refractivity contribution is -0.137. The minimum Gasteiger partial charge on any atom is -0.302 e. The van der Waals surface area contributed by atoms with Crippen LogP contribution in [-0.4, -0.2) is 15.7 Å². The van der Waals surface area contributed by atoms with Crippen LogP contribution in [0.25, 0.3) is 5.69 Å². The summed E-state index contributed by atoms with van der Waals surface area (Å²) in [4.78, 5) is 28.3. The van der Waals surface area contributed by atoms with Crippen LogP contribution >= 0.6 is 11.3 Å². The van der Waals surface area contributed by atoms with E-state index in [0.717, 1.165) is 27.8 Å². The first kappa shape index (κ1) is 23.4. The molecule has 2 aromatic carbocycles. The Hall–Kier alpha value is -3.79. The maximum atomic E-state index is 13.5. The van der Waals surface area contributed by atoms with Gasteiger partial charge in [0.15, 0.2) is 5.69 Å². The Morgan fingerprint density at radius 2 is 1.79 bits per heavy atom. The molecule has 0 bridgehead atoms. The number of rotatable bonds is 5. The van der Waals surface area contributed by atoms with Crippen molar-refractivity contribution in [3.63, 3.8) is 0 Å². The van der Waals surface area contributed by atoms with Crippen molar-refractivity contribution >= 4 is 22.9 Å². The Labute approximate surface area is 195 Å². The summed E-state index contributed by atoms with van der Waals surface area (Å²) in [5, 5.41) is 5.96. The molecule has 0 saturated carbocycles. The Morgan fingerprint density at radius 3 is 2.44 bits per heavy atom. The van der Waals surface area contributed by atoms with Gasteiger partial charge in [-0.1, -0.05) is 12.1 Å². The molecule has 4 rings (SSSR count). The maximum Gasteiger partial charge on any atom is 0.416 e. The van der Waals surface area contributed by atoms with Crippen LogP contribution in [0.1, 0.15) is 26.6 Å². The molecule has 0 spiro atoms. The van der Waals surface area contributed by atoms with E-state index < -0.39 is 34.6 Å². The van der Waals surface area contributed by atoms with Gasteiger partial charge in [-0.15, -0.1) is 11.3 Å². The Morgan fingerprint density at radius 1 is 1.06 bits per heavy atom. The zero-order chi connectivity index (χ0) is 24.5. The van der Waals surface area contributed by atoms with Gasteiger partial charge in [-0.3, -0.25) is 9.59 Å². The van der Waals surface area contributed by atoms with E-state index in [2.05, 4.69) is 5.10 Å². The van der Waals surface area contributed by atoms with Crippen molar-refractivity contribution < 1.29 is 22.4 Å². The van der Waals surface area contributed by atoms with Gasteiger partial charge < -0.3 is 4.90 Å². The zero-order valence-corrected chi connectivity index (χ0v) is 18.5. The molecule has 0 atom stereocenters. The fourth-order valence-corrected chi connectivity index (χ4v) is 4.05. The fourth-order valence-electron chi connectivity index (χ4n) is 3.36. The SMILES string of the molecule is Cc1cc(=O)c(C(=O)N(Cc2cccs2)c2ccc(F)cc2)nn1-c1cccc(C(F)(F)F)c1. The lowest BCUT2D eigenvalue weighted by Crippen LogP contribution is -2.36. The highest BCUT2D eigenvalue weighted by atomic mass is 32.1. The van der Waals surface area contributed by atoms with Crippen molar-refractivity contribution in [1.82, 2.24) is 9.78 Å². The monoisotopic (exact) mass is 487 g/mol. The van der Waals surface area contributed by atoms with Crippen molar-refractivity contribution in [3.05, 3.63) is 110 Å². The average molecular weight is 487 g/mol. The second kappa shape index (κ2) is 9.22. The minimum atomic E-state index is -4.57. The molecule has 1 amide bonds. The number of amides is 1. The largest absolute Gasteiger partial charge is 0.416 e. The van der Waals surface area contributed by atoms with Crippen LogP contribution in [0.3, 0.4) is 0 Å². The first-order valence-electron chi connectivity index (χ1n) is 10.0. The standard InChI is InChI=1S/C24H17F4N3O2S/c1-15-12-21(32)22(29-31(15)19-5-2-4-16(13-19)24(26,27)28)23(33)30(14-20-6-3-11-34-20)18-9-7-17(25)8-10-18/h2-13H,14H2,1H3. The number of alkyl halides is 3. The van der Waals surface area contributed by atoms with Gasteiger partial charge in [-0.25, -0.2) is 9.07 Å². The second-order valence-corrected chi connectivity index (χ2v) is 8.44. The third-order valence-electron chi connectivity index (χ3n) is 5.01. The predicted molar refractivity (Wildman–Crippen MR) is 121 cm³/mol. The van der Waals surface area contributed by atoms with Gasteiger partial charge in [0.05, 0.1) is 17.8 Å². The molecule has 2 heterocycles. The van der Waals surface area contributed by atoms with E-state index in [1.807, 2.05) is 5.38 Å². The molecule has 0 fully saturated rings. The van der Waals surface area contributed by atoms with Crippen LogP contribution in [0.15, 0.2) is 76.9 Å². The van der Waals surface area contributed by atoms with Crippen LogP contribution in [0.5, 0.6) is 0 Å². The van der Waals surface area contributed by atoms with E-state index in [0.29, 0.717) is 5.69 Å². The van der Waals surface area contributed by atoms with Gasteiger partial charge in [0, 0.05) is 22.3 Å². The molecule has 0 saturated heterocycles. The first-order valence-corrected chi connectivity index (χ1v) is 10.9. The average Bonchev–Trinajstić information content (AvgIpc) is 3.31. The topological polar surface area (TPSA) is 55.2 Å². The molecule has 34 heavy (non-hydrogen) atoms. The van der Waals surface area contributed by atoms with Gasteiger partial charge in [-0.05, 0) is 60.8 Å². The summed E-state index contributed by atoms with van der Waals surface area (Å²) in [6.45, 7) is 1.60. The van der Waals surface area contributed by atoms with E-state index in [1.54, 1.807) is 12.1 Å². The lowest BCUT2D eigenvalue weighted by Gasteiger charge is -2.22. The number of thiophene rings is 1. The molecule has 0 aliphatic heterocycles. The van der Waals surface area contributed by atoms with Gasteiger partial charge in [0.2, 0.25) is 5.43 Å². The molecular formula is C24H17F4N3O2S. The maximum absolute atomic E-state index is 13.5. The quantitative estimate of drug-likeness (QED) is 0.344. The molecule has 5 nitrogen and oxygen atoms in total. The van der Waals surface area contributed by atoms with Crippen LogP contribution in [0.4, 0.5) is 23.2 Å². The predicted octanol–water partition coefficient (Wildman–Crippen LogP) is 5.61. The van der Waals surface area contributed by atoms with Crippen LogP contribution in [0, 0.1) is 12.7 Å². The Bertz CT molecular complexity index is 1380. The summed E-state index contributed by atoms with van der Waals surface area (Å²) in [5.41, 5.74) is -1.39. The Kier molecular flexibility index (Phi) is 6.34. The van der Waals surface area contributed by atoms with Crippen molar-refractivity contribution in [1.29, 1.82) is 0 Å². The van der Waals surface area contributed by atoms with Crippen LogP contribution < -0.4 is 10.3 Å². The van der Waals surface area contributed by atoms with Gasteiger partial charge in [0.1, 0.15) is 5.82 Å². The smallest absolute Gasteiger partial charge is 0.302 e. The van der Waals surface area contributed by atoms with E-state index >= 15 is 0 Å². The molecule has 0 N–H and O–H groups in total. The van der Waals surface area contributed by atoms with Crippen molar-refractivity contribution in [3.8, 4) is 5.69 Å². The number of carbonyl (C=O) groups is 1. The summed E-state index contributed by atoms with van der Waals surface area (Å²) in [6.07, 6.45) is -4.57. The molecule has 174 valence electrons. The third-order valence-corrected chi connectivity index (χ3v) is 5.87. The molecule has 0 unspecified atom stereocenters. The van der Waals surface area contributed by atoms with Gasteiger partial charge in [0.25, 0.3) is 5.91 Å². The number of carbonyl (C=O) groups excluding carboxylic acids is 1. The highest BCUT2D eigenvalue weighted by molar-refractivity contribution is 7.09. The molecule has 10 heteroatoms. The number of nitrogens with zero attached hydrogens (tertiary/aromatic N) is 3. The van der Waals surface area contributed by atoms with Gasteiger partial charge >= 0.3 is 6.18 Å². The number of aromatic nitrogens is 2. The fraction of sp³-hybridized carbons (Fsp3) is 0.125. The first-order chi connectivity index (χ1) is 16.1.